The summed E-state index contributed by atoms with van der Waals surface area (Å²) in [5, 5.41) is 0. The molecule has 0 fully saturated rings. The third-order valence-electron chi connectivity index (χ3n) is 1.65. The number of hydrogen-bond acceptors (Lipinski definition) is 3. The van der Waals surface area contributed by atoms with Gasteiger partial charge in [-0.2, -0.15) is 0 Å². The summed E-state index contributed by atoms with van der Waals surface area (Å²) in [6, 6.07) is 2.51. The molecule has 0 aliphatic heterocycles. The van der Waals surface area contributed by atoms with E-state index in [1.165, 1.54) is 0 Å². The van der Waals surface area contributed by atoms with E-state index in [4.69, 9.17) is 5.73 Å². The van der Waals surface area contributed by atoms with Crippen LogP contribution in [0.5, 0.6) is 0 Å². The maximum atomic E-state index is 12.6. The Bertz CT molecular complexity index is 459. The molecule has 0 aromatic heterocycles. The van der Waals surface area contributed by atoms with Crippen molar-refractivity contribution in [3.05, 3.63) is 24.0 Å². The Morgan fingerprint density at radius 1 is 1.33 bits per heavy atom. The molecule has 2 N–H and O–H groups in total. The number of anilines is 1. The molecule has 0 aliphatic carbocycles. The highest BCUT2D eigenvalue weighted by Crippen LogP contribution is 2.21. The zero-order valence-corrected chi connectivity index (χ0v) is 8.27. The molecular weight excluding hydrogens is 231 g/mol. The van der Waals surface area contributed by atoms with E-state index in [2.05, 4.69) is 0 Å². The Hall–Kier alpha value is -1.24. The van der Waals surface area contributed by atoms with Crippen LogP contribution in [0.25, 0.3) is 0 Å². The third-order valence-corrected chi connectivity index (χ3v) is 3.39. The molecule has 3 nitrogen and oxygen atoms in total. The Morgan fingerprint density at radius 3 is 2.40 bits per heavy atom. The van der Waals surface area contributed by atoms with E-state index < -0.39 is 32.7 Å². The van der Waals surface area contributed by atoms with Crippen molar-refractivity contribution >= 4 is 15.5 Å². The fourth-order valence-corrected chi connectivity index (χ4v) is 2.26. The van der Waals surface area contributed by atoms with Crippen LogP contribution in [-0.2, 0) is 9.84 Å². The number of benzene rings is 1. The largest absolute Gasteiger partial charge is 0.398 e. The Labute approximate surface area is 84.6 Å². The van der Waals surface area contributed by atoms with Crippen LogP contribution < -0.4 is 5.73 Å². The Balaban J connectivity index is 3.16. The van der Waals surface area contributed by atoms with E-state index in [1.807, 2.05) is 0 Å². The molecule has 15 heavy (non-hydrogen) atoms. The molecule has 84 valence electrons. The standard InChI is InChI=1S/C8H8F3NO2S/c9-5-1-2-7(6(12)3-5)15(13,14)4-8(10)11/h1-3,8H,4,12H2. The zero-order chi connectivity index (χ0) is 11.6. The predicted molar refractivity (Wildman–Crippen MR) is 48.9 cm³/mol. The van der Waals surface area contributed by atoms with Crippen LogP contribution in [0.3, 0.4) is 0 Å². The van der Waals surface area contributed by atoms with Gasteiger partial charge in [0, 0.05) is 0 Å². The summed E-state index contributed by atoms with van der Waals surface area (Å²) in [6.45, 7) is 0. The molecule has 0 bridgehead atoms. The van der Waals surface area contributed by atoms with Crippen LogP contribution in [-0.4, -0.2) is 20.6 Å². The first-order valence-electron chi connectivity index (χ1n) is 3.89. The van der Waals surface area contributed by atoms with Gasteiger partial charge < -0.3 is 5.73 Å². The van der Waals surface area contributed by atoms with E-state index in [1.54, 1.807) is 0 Å². The van der Waals surface area contributed by atoms with Gasteiger partial charge in [-0.25, -0.2) is 21.6 Å². The molecule has 0 atom stereocenters. The van der Waals surface area contributed by atoms with Crippen molar-refractivity contribution < 1.29 is 21.6 Å². The number of halogens is 3. The summed E-state index contributed by atoms with van der Waals surface area (Å²) in [5.74, 6) is -2.04. The van der Waals surface area contributed by atoms with Crippen molar-refractivity contribution in [2.75, 3.05) is 11.5 Å². The third kappa shape index (κ3) is 2.85. The van der Waals surface area contributed by atoms with Crippen LogP contribution in [0.15, 0.2) is 23.1 Å². The van der Waals surface area contributed by atoms with E-state index in [9.17, 15) is 21.6 Å². The van der Waals surface area contributed by atoms with Gasteiger partial charge in [-0.05, 0) is 18.2 Å². The summed E-state index contributed by atoms with van der Waals surface area (Å²) in [6.07, 6.45) is -2.99. The van der Waals surface area contributed by atoms with Gasteiger partial charge in [-0.1, -0.05) is 0 Å². The van der Waals surface area contributed by atoms with E-state index in [-0.39, 0.29) is 5.69 Å². The van der Waals surface area contributed by atoms with Gasteiger partial charge in [-0.15, -0.1) is 0 Å². The van der Waals surface area contributed by atoms with Crippen molar-refractivity contribution in [2.45, 2.75) is 11.3 Å². The lowest BCUT2D eigenvalue weighted by atomic mass is 10.3. The number of rotatable bonds is 3. The molecule has 0 heterocycles. The maximum Gasteiger partial charge on any atom is 0.252 e. The molecule has 0 radical (unpaired) electrons. The van der Waals surface area contributed by atoms with Crippen molar-refractivity contribution in [1.29, 1.82) is 0 Å². The predicted octanol–water partition coefficient (Wildman–Crippen LogP) is 1.45. The molecule has 1 aromatic carbocycles. The summed E-state index contributed by atoms with van der Waals surface area (Å²) in [5.41, 5.74) is 4.85. The van der Waals surface area contributed by atoms with E-state index in [0.29, 0.717) is 0 Å². The molecule has 1 rings (SSSR count). The smallest absolute Gasteiger partial charge is 0.252 e. The van der Waals surface area contributed by atoms with Gasteiger partial charge in [0.15, 0.2) is 9.84 Å². The lowest BCUT2D eigenvalue weighted by Gasteiger charge is -2.06. The highest BCUT2D eigenvalue weighted by molar-refractivity contribution is 7.91. The quantitative estimate of drug-likeness (QED) is 0.641. The minimum atomic E-state index is -4.15. The van der Waals surface area contributed by atoms with Gasteiger partial charge in [-0.3, -0.25) is 0 Å². The number of nitrogen functional groups attached to an aromatic ring is 1. The molecular formula is C8H8F3NO2S. The highest BCUT2D eigenvalue weighted by atomic mass is 32.2. The van der Waals surface area contributed by atoms with Gasteiger partial charge in [0.05, 0.1) is 10.6 Å². The zero-order valence-electron chi connectivity index (χ0n) is 7.45. The van der Waals surface area contributed by atoms with Gasteiger partial charge in [0.2, 0.25) is 0 Å². The van der Waals surface area contributed by atoms with E-state index >= 15 is 0 Å². The maximum absolute atomic E-state index is 12.6. The molecule has 7 heteroatoms. The summed E-state index contributed by atoms with van der Waals surface area (Å²) >= 11 is 0. The monoisotopic (exact) mass is 239 g/mol. The molecule has 1 aromatic rings. The molecule has 0 spiro atoms. The molecule has 0 saturated heterocycles. The number of nitrogens with two attached hydrogens (primary N) is 1. The molecule has 0 unspecified atom stereocenters. The normalized spacial score (nSPS) is 12.0. The average Bonchev–Trinajstić information content (AvgIpc) is 1.99. The first kappa shape index (κ1) is 11.8. The Morgan fingerprint density at radius 2 is 1.93 bits per heavy atom. The van der Waals surface area contributed by atoms with E-state index in [0.717, 1.165) is 18.2 Å². The highest BCUT2D eigenvalue weighted by Gasteiger charge is 2.22. The Kier molecular flexibility index (Phi) is 3.23. The van der Waals surface area contributed by atoms with Crippen LogP contribution >= 0.6 is 0 Å². The van der Waals surface area contributed by atoms with Gasteiger partial charge in [0.25, 0.3) is 6.43 Å². The van der Waals surface area contributed by atoms with Crippen LogP contribution in [0, 0.1) is 5.82 Å². The minimum absolute atomic E-state index is 0.365. The second kappa shape index (κ2) is 4.09. The second-order valence-corrected chi connectivity index (χ2v) is 4.86. The first-order chi connectivity index (χ1) is 6.83. The minimum Gasteiger partial charge on any atom is -0.398 e. The average molecular weight is 239 g/mol. The van der Waals surface area contributed by atoms with Crippen LogP contribution in [0.4, 0.5) is 18.9 Å². The van der Waals surface area contributed by atoms with Gasteiger partial charge >= 0.3 is 0 Å². The topological polar surface area (TPSA) is 60.2 Å². The summed E-state index contributed by atoms with van der Waals surface area (Å²) in [4.78, 5) is -0.468. The van der Waals surface area contributed by atoms with Crippen molar-refractivity contribution in [3.8, 4) is 0 Å². The molecule has 0 amide bonds. The number of alkyl halides is 2. The fraction of sp³-hybridized carbons (Fsp3) is 0.250. The summed E-state index contributed by atoms with van der Waals surface area (Å²) in [7, 11) is -4.15. The number of sulfone groups is 1. The lowest BCUT2D eigenvalue weighted by molar-refractivity contribution is 0.174. The van der Waals surface area contributed by atoms with Crippen LogP contribution in [0.2, 0.25) is 0 Å². The SMILES string of the molecule is Nc1cc(F)ccc1S(=O)(=O)CC(F)F. The molecule has 0 saturated carbocycles. The van der Waals surface area contributed by atoms with Crippen molar-refractivity contribution in [2.24, 2.45) is 0 Å². The lowest BCUT2D eigenvalue weighted by Crippen LogP contribution is -2.15. The van der Waals surface area contributed by atoms with Crippen molar-refractivity contribution in [3.63, 3.8) is 0 Å². The fourth-order valence-electron chi connectivity index (χ4n) is 1.06. The summed E-state index contributed by atoms with van der Waals surface area (Å²) < 4.78 is 59.0. The second-order valence-electron chi connectivity index (χ2n) is 2.85. The van der Waals surface area contributed by atoms with Crippen LogP contribution in [0.1, 0.15) is 0 Å². The first-order valence-corrected chi connectivity index (χ1v) is 5.54. The van der Waals surface area contributed by atoms with Gasteiger partial charge in [0.1, 0.15) is 11.6 Å². The van der Waals surface area contributed by atoms with Crippen molar-refractivity contribution in [1.82, 2.24) is 0 Å². The number of hydrogen-bond donors (Lipinski definition) is 1. The molecule has 0 aliphatic rings.